The van der Waals surface area contributed by atoms with Crippen LogP contribution in [0.5, 0.6) is 5.75 Å². The van der Waals surface area contributed by atoms with Crippen molar-refractivity contribution in [3.8, 4) is 5.75 Å². The average molecular weight is 391 g/mol. The van der Waals surface area contributed by atoms with Gasteiger partial charge >= 0.3 is 5.97 Å². The molecule has 0 saturated heterocycles. The maximum absolute atomic E-state index is 12.2. The highest BCUT2D eigenvalue weighted by Crippen LogP contribution is 2.23. The number of rotatable bonds is 7. The summed E-state index contributed by atoms with van der Waals surface area (Å²) in [6, 6.07) is 11.3. The van der Waals surface area contributed by atoms with E-state index in [1.54, 1.807) is 37.3 Å². The molecule has 0 bridgehead atoms. The van der Waals surface area contributed by atoms with E-state index in [0.717, 1.165) is 0 Å². The van der Waals surface area contributed by atoms with Crippen LogP contribution < -0.4 is 15.8 Å². The van der Waals surface area contributed by atoms with E-state index in [-0.39, 0.29) is 11.3 Å². The Hall–Kier alpha value is -3.06. The second kappa shape index (κ2) is 9.05. The lowest BCUT2D eigenvalue weighted by Crippen LogP contribution is -2.32. The Morgan fingerprint density at radius 1 is 1.15 bits per heavy atom. The fourth-order valence-electron chi connectivity index (χ4n) is 2.19. The van der Waals surface area contributed by atoms with Crippen molar-refractivity contribution in [3.63, 3.8) is 0 Å². The molecule has 0 unspecified atom stereocenters. The van der Waals surface area contributed by atoms with Crippen molar-refractivity contribution in [1.29, 1.82) is 0 Å². The largest absolute Gasteiger partial charge is 0.481 e. The first-order valence-electron chi connectivity index (χ1n) is 8.06. The van der Waals surface area contributed by atoms with Crippen molar-refractivity contribution < 1.29 is 23.9 Å². The first-order chi connectivity index (χ1) is 12.8. The summed E-state index contributed by atoms with van der Waals surface area (Å²) in [6.45, 7) is 2.72. The summed E-state index contributed by atoms with van der Waals surface area (Å²) in [4.78, 5) is 35.4. The lowest BCUT2D eigenvalue weighted by Gasteiger charge is -2.15. The minimum atomic E-state index is -1.05. The minimum absolute atomic E-state index is 0.146. The number of anilines is 1. The molecule has 2 rings (SSSR count). The van der Waals surface area contributed by atoms with Gasteiger partial charge in [-0.25, -0.2) is 4.79 Å². The summed E-state index contributed by atoms with van der Waals surface area (Å²) in [5, 5.41) is 3.16. The van der Waals surface area contributed by atoms with E-state index in [4.69, 9.17) is 26.8 Å². The van der Waals surface area contributed by atoms with Gasteiger partial charge in [0, 0.05) is 10.7 Å². The molecule has 3 N–H and O–H groups in total. The lowest BCUT2D eigenvalue weighted by atomic mass is 10.2. The Bertz CT molecular complexity index is 869. The van der Waals surface area contributed by atoms with Gasteiger partial charge in [-0.3, -0.25) is 9.59 Å². The van der Waals surface area contributed by atoms with Crippen LogP contribution in [0.2, 0.25) is 5.02 Å². The smallest absolute Gasteiger partial charge is 0.344 e. The van der Waals surface area contributed by atoms with Gasteiger partial charge in [-0.1, -0.05) is 29.8 Å². The molecule has 0 aromatic heterocycles. The van der Waals surface area contributed by atoms with E-state index in [1.165, 1.54) is 19.1 Å². The number of primary amides is 1. The van der Waals surface area contributed by atoms with Crippen LogP contribution in [-0.2, 0) is 14.3 Å². The third kappa shape index (κ3) is 5.46. The first kappa shape index (κ1) is 20.3. The molecule has 27 heavy (non-hydrogen) atoms. The van der Waals surface area contributed by atoms with Crippen molar-refractivity contribution in [1.82, 2.24) is 0 Å². The van der Waals surface area contributed by atoms with Crippen molar-refractivity contribution in [2.45, 2.75) is 20.0 Å². The Morgan fingerprint density at radius 3 is 2.56 bits per heavy atom. The van der Waals surface area contributed by atoms with Gasteiger partial charge in [0.1, 0.15) is 5.75 Å². The zero-order valence-corrected chi connectivity index (χ0v) is 15.6. The molecular formula is C19H19ClN2O5. The summed E-state index contributed by atoms with van der Waals surface area (Å²) in [5.41, 5.74) is 6.62. The van der Waals surface area contributed by atoms with Gasteiger partial charge in [-0.15, -0.1) is 0 Å². The number of ether oxygens (including phenoxy) is 2. The molecule has 0 fully saturated rings. The third-order valence-corrected chi connectivity index (χ3v) is 4.11. The SMILES string of the molecule is Cc1c(Cl)cccc1NC(=O)[C@@H](C)OC(=O)COc1ccccc1C(N)=O. The van der Waals surface area contributed by atoms with Crippen molar-refractivity contribution in [2.24, 2.45) is 5.73 Å². The molecule has 2 amide bonds. The van der Waals surface area contributed by atoms with Gasteiger partial charge in [0.15, 0.2) is 12.7 Å². The van der Waals surface area contributed by atoms with Gasteiger partial charge in [-0.05, 0) is 43.7 Å². The number of nitrogens with two attached hydrogens (primary N) is 1. The summed E-state index contributed by atoms with van der Waals surface area (Å²) in [5.74, 6) is -1.79. The molecular weight excluding hydrogens is 372 g/mol. The second-order valence-electron chi connectivity index (χ2n) is 5.68. The predicted molar refractivity (Wildman–Crippen MR) is 101 cm³/mol. The van der Waals surface area contributed by atoms with E-state index in [9.17, 15) is 14.4 Å². The Labute approximate surface area is 161 Å². The van der Waals surface area contributed by atoms with E-state index in [0.29, 0.717) is 16.3 Å². The molecule has 0 radical (unpaired) electrons. The third-order valence-electron chi connectivity index (χ3n) is 3.70. The summed E-state index contributed by atoms with van der Waals surface area (Å²) in [7, 11) is 0. The zero-order chi connectivity index (χ0) is 20.0. The van der Waals surface area contributed by atoms with E-state index in [2.05, 4.69) is 5.32 Å². The quantitative estimate of drug-likeness (QED) is 0.706. The molecule has 2 aromatic carbocycles. The molecule has 7 nitrogen and oxygen atoms in total. The van der Waals surface area contributed by atoms with Crippen LogP contribution in [0.1, 0.15) is 22.8 Å². The molecule has 0 heterocycles. The molecule has 0 spiro atoms. The first-order valence-corrected chi connectivity index (χ1v) is 8.44. The number of nitrogens with one attached hydrogen (secondary N) is 1. The van der Waals surface area contributed by atoms with Crippen molar-refractivity contribution >= 4 is 35.1 Å². The monoisotopic (exact) mass is 390 g/mol. The second-order valence-corrected chi connectivity index (χ2v) is 6.09. The summed E-state index contributed by atoms with van der Waals surface area (Å²) in [6.07, 6.45) is -1.05. The number of benzene rings is 2. The highest BCUT2D eigenvalue weighted by atomic mass is 35.5. The van der Waals surface area contributed by atoms with Crippen LogP contribution >= 0.6 is 11.6 Å². The van der Waals surface area contributed by atoms with Gasteiger partial charge < -0.3 is 20.5 Å². The predicted octanol–water partition coefficient (Wildman–Crippen LogP) is 2.70. The maximum Gasteiger partial charge on any atom is 0.344 e. The number of hydrogen-bond donors (Lipinski definition) is 2. The van der Waals surface area contributed by atoms with Crippen LogP contribution in [0.3, 0.4) is 0 Å². The van der Waals surface area contributed by atoms with Crippen LogP contribution in [0, 0.1) is 6.92 Å². The maximum atomic E-state index is 12.2. The summed E-state index contributed by atoms with van der Waals surface area (Å²) < 4.78 is 10.3. The topological polar surface area (TPSA) is 108 Å². The van der Waals surface area contributed by atoms with E-state index >= 15 is 0 Å². The number of carbonyl (C=O) groups excluding carboxylic acids is 3. The number of hydrogen-bond acceptors (Lipinski definition) is 5. The standard InChI is InChI=1S/C19H19ClN2O5/c1-11-14(20)7-5-8-15(11)22-19(25)12(2)27-17(23)10-26-16-9-4-3-6-13(16)18(21)24/h3-9,12H,10H2,1-2H3,(H2,21,24)(H,22,25)/t12-/m1/s1. The Kier molecular flexibility index (Phi) is 6.79. The average Bonchev–Trinajstić information content (AvgIpc) is 2.63. The van der Waals surface area contributed by atoms with Crippen LogP contribution in [0.25, 0.3) is 0 Å². The molecule has 0 aliphatic rings. The molecule has 0 aliphatic heterocycles. The molecule has 142 valence electrons. The van der Waals surface area contributed by atoms with Gasteiger partial charge in [-0.2, -0.15) is 0 Å². The molecule has 0 aliphatic carbocycles. The van der Waals surface area contributed by atoms with Crippen molar-refractivity contribution in [3.05, 3.63) is 58.6 Å². The normalized spacial score (nSPS) is 11.4. The summed E-state index contributed by atoms with van der Waals surface area (Å²) >= 11 is 6.01. The van der Waals surface area contributed by atoms with Gasteiger partial charge in [0.05, 0.1) is 5.56 Å². The zero-order valence-electron chi connectivity index (χ0n) is 14.8. The number of esters is 1. The highest BCUT2D eigenvalue weighted by molar-refractivity contribution is 6.31. The van der Waals surface area contributed by atoms with E-state index < -0.39 is 30.5 Å². The number of para-hydroxylation sites is 1. The van der Waals surface area contributed by atoms with E-state index in [1.807, 2.05) is 0 Å². The fraction of sp³-hybridized carbons (Fsp3) is 0.211. The molecule has 8 heteroatoms. The van der Waals surface area contributed by atoms with Crippen LogP contribution in [0.4, 0.5) is 5.69 Å². The number of amides is 2. The van der Waals surface area contributed by atoms with Gasteiger partial charge in [0.2, 0.25) is 0 Å². The Balaban J connectivity index is 1.91. The van der Waals surface area contributed by atoms with Crippen molar-refractivity contribution in [2.75, 3.05) is 11.9 Å². The lowest BCUT2D eigenvalue weighted by molar-refractivity contribution is -0.155. The number of halogens is 1. The highest BCUT2D eigenvalue weighted by Gasteiger charge is 2.20. The van der Waals surface area contributed by atoms with Gasteiger partial charge in [0.25, 0.3) is 11.8 Å². The van der Waals surface area contributed by atoms with Crippen LogP contribution in [-0.4, -0.2) is 30.5 Å². The molecule has 1 atom stereocenters. The molecule has 0 saturated carbocycles. The fourth-order valence-corrected chi connectivity index (χ4v) is 2.37. The van der Waals surface area contributed by atoms with Crippen LogP contribution in [0.15, 0.2) is 42.5 Å². The minimum Gasteiger partial charge on any atom is -0.481 e. The number of carbonyl (C=O) groups is 3. The Morgan fingerprint density at radius 2 is 1.85 bits per heavy atom. The molecule has 2 aromatic rings.